The average molecular weight is 1410 g/mol. The number of phosphoric ester groups is 1. The minimum atomic E-state index is -5.69. The van der Waals surface area contributed by atoms with Gasteiger partial charge in [-0.3, -0.25) is 23.4 Å². The molecule has 24 nitrogen and oxygen atoms in total. The zero-order valence-electron chi connectivity index (χ0n) is 59.4. The number of hydrogen-bond acceptors (Lipinski definition) is 23. The molecule has 11 N–H and O–H groups in total. The highest BCUT2D eigenvalue weighted by Crippen LogP contribution is 2.49. The van der Waals surface area contributed by atoms with Gasteiger partial charge in [-0.25, -0.2) is 4.57 Å². The monoisotopic (exact) mass is 1410 g/mol. The van der Waals surface area contributed by atoms with Crippen LogP contribution in [0, 0.1) is 0 Å². The topological polar surface area (TPSA) is 374 Å². The fourth-order valence-electron chi connectivity index (χ4n) is 12.6. The smallest absolute Gasteiger partial charge is 0.463 e. The normalized spacial score (nSPS) is 27.8. The lowest BCUT2D eigenvalue weighted by molar-refractivity contribution is -0.360. The van der Waals surface area contributed by atoms with Crippen LogP contribution in [0.4, 0.5) is 0 Å². The van der Waals surface area contributed by atoms with Gasteiger partial charge < -0.3 is 89.1 Å². The first kappa shape index (κ1) is 88.9. The molecule has 3 fully saturated rings. The second-order valence-corrected chi connectivity index (χ2v) is 28.8. The SMILES string of the molecule is CCCCCC/C=C\CCCCCCCCCC(=O)OCC(COP(=O)(O)OC1C(OC2OC(CO)C(O)C(O)C2O)C(O)C(O)C(O)C1OC1OC(COC(=O)CCCCCCCCCCCCCCCCCC)C(O)C(O)C1O)OC(=O)CCCCCCCCCCCCC. The van der Waals surface area contributed by atoms with Gasteiger partial charge in [-0.05, 0) is 44.9 Å². The molecule has 1 aliphatic carbocycles. The second-order valence-electron chi connectivity index (χ2n) is 27.4. The summed E-state index contributed by atoms with van der Waals surface area (Å²) < 4.78 is 65.0. The molecule has 3 aliphatic rings. The summed E-state index contributed by atoms with van der Waals surface area (Å²) in [6, 6.07) is 0. The lowest BCUT2D eigenvalue weighted by atomic mass is 9.84. The summed E-state index contributed by atoms with van der Waals surface area (Å²) in [7, 11) is -5.69. The van der Waals surface area contributed by atoms with Crippen LogP contribution in [-0.2, 0) is 61.2 Å². The Hall–Kier alpha value is -2.30. The molecule has 97 heavy (non-hydrogen) atoms. The Morgan fingerprint density at radius 2 is 0.722 bits per heavy atom. The van der Waals surface area contributed by atoms with Gasteiger partial charge in [0.05, 0.1) is 13.2 Å². The van der Waals surface area contributed by atoms with Crippen LogP contribution in [0.3, 0.4) is 0 Å². The Kier molecular flexibility index (Phi) is 49.8. The van der Waals surface area contributed by atoms with E-state index in [0.29, 0.717) is 19.3 Å². The maximum Gasteiger partial charge on any atom is 0.472 e. The van der Waals surface area contributed by atoms with Crippen molar-refractivity contribution in [3.05, 3.63) is 12.2 Å². The maximum atomic E-state index is 14.3. The molecule has 2 saturated heterocycles. The molecule has 2 heterocycles. The number of hydrogen-bond donors (Lipinski definition) is 11. The fraction of sp³-hybridized carbons (Fsp3) is 0.931. The molecular formula is C72H133O24P. The third-order valence-corrected chi connectivity index (χ3v) is 19.8. The van der Waals surface area contributed by atoms with Crippen LogP contribution in [0.1, 0.15) is 297 Å². The van der Waals surface area contributed by atoms with Crippen LogP contribution >= 0.6 is 7.82 Å². The molecule has 570 valence electrons. The van der Waals surface area contributed by atoms with Crippen molar-refractivity contribution in [2.75, 3.05) is 26.4 Å². The van der Waals surface area contributed by atoms with E-state index in [2.05, 4.69) is 32.9 Å². The Morgan fingerprint density at radius 1 is 0.392 bits per heavy atom. The molecule has 0 aromatic rings. The average Bonchev–Trinajstić information content (AvgIpc) is 0.763. The standard InChI is InChI=1S/C72H133O24P/c1-4-7-10-13-16-19-22-24-26-28-30-33-35-38-41-44-47-57(75)89-52-55-60(78)62(80)67(85)72(93-55)95-69-65(83)63(81)64(82)68(94-71-66(84)61(79)59(77)54(49-73)92-71)70(69)96-97(86,87)90-51-53(91-58(76)48-45-42-39-36-31-21-18-15-12-9-6-3)50-88-56(74)46-43-40-37-34-32-29-27-25-23-20-17-14-11-8-5-2/h20,23,53-55,59-73,77-85H,4-19,21-22,24-52H2,1-3H3,(H,86,87)/b23-20-. The largest absolute Gasteiger partial charge is 0.472 e. The highest BCUT2D eigenvalue weighted by atomic mass is 31.2. The molecule has 0 amide bonds. The lowest BCUT2D eigenvalue weighted by Crippen LogP contribution is -2.69. The summed E-state index contributed by atoms with van der Waals surface area (Å²) in [4.78, 5) is 50.9. The van der Waals surface area contributed by atoms with E-state index in [0.717, 1.165) is 116 Å². The number of unbranched alkanes of at least 4 members (excludes halogenated alkanes) is 36. The predicted molar refractivity (Wildman–Crippen MR) is 365 cm³/mol. The zero-order valence-corrected chi connectivity index (χ0v) is 60.3. The van der Waals surface area contributed by atoms with Crippen molar-refractivity contribution in [3.8, 4) is 0 Å². The predicted octanol–water partition coefficient (Wildman–Crippen LogP) is 10.4. The van der Waals surface area contributed by atoms with Crippen LogP contribution in [0.25, 0.3) is 0 Å². The van der Waals surface area contributed by atoms with Gasteiger partial charge in [0.2, 0.25) is 0 Å². The van der Waals surface area contributed by atoms with Crippen molar-refractivity contribution in [2.45, 2.75) is 401 Å². The summed E-state index contributed by atoms with van der Waals surface area (Å²) in [5.41, 5.74) is 0. The number of phosphoric acid groups is 1. The number of carbonyl (C=O) groups excluding carboxylic acids is 3. The Morgan fingerprint density at radius 3 is 1.12 bits per heavy atom. The van der Waals surface area contributed by atoms with Crippen molar-refractivity contribution >= 4 is 25.7 Å². The van der Waals surface area contributed by atoms with Gasteiger partial charge in [0.1, 0.15) is 98.7 Å². The van der Waals surface area contributed by atoms with Gasteiger partial charge in [0.25, 0.3) is 0 Å². The minimum Gasteiger partial charge on any atom is -0.463 e. The van der Waals surface area contributed by atoms with Crippen LogP contribution in [0.15, 0.2) is 12.2 Å². The van der Waals surface area contributed by atoms with Crippen molar-refractivity contribution in [1.82, 2.24) is 0 Å². The van der Waals surface area contributed by atoms with E-state index in [9.17, 15) is 74.9 Å². The molecule has 18 atom stereocenters. The van der Waals surface area contributed by atoms with E-state index < -0.39 is 156 Å². The highest BCUT2D eigenvalue weighted by Gasteiger charge is 2.58. The van der Waals surface area contributed by atoms with Gasteiger partial charge in [0, 0.05) is 19.3 Å². The van der Waals surface area contributed by atoms with E-state index in [1.165, 1.54) is 122 Å². The van der Waals surface area contributed by atoms with Crippen molar-refractivity contribution in [2.24, 2.45) is 0 Å². The van der Waals surface area contributed by atoms with E-state index >= 15 is 0 Å². The Bertz CT molecular complexity index is 2060. The van der Waals surface area contributed by atoms with Crippen molar-refractivity contribution in [3.63, 3.8) is 0 Å². The van der Waals surface area contributed by atoms with E-state index in [1.54, 1.807) is 0 Å². The molecular weight excluding hydrogens is 1280 g/mol. The van der Waals surface area contributed by atoms with Crippen LogP contribution in [-0.4, -0.2) is 204 Å². The second kappa shape index (κ2) is 54.4. The molecule has 0 aromatic heterocycles. The zero-order chi connectivity index (χ0) is 71.1. The van der Waals surface area contributed by atoms with Crippen molar-refractivity contribution < 1.29 is 117 Å². The van der Waals surface area contributed by atoms with Gasteiger partial charge in [-0.2, -0.15) is 0 Å². The number of esters is 3. The van der Waals surface area contributed by atoms with E-state index in [-0.39, 0.29) is 19.3 Å². The molecule has 0 bridgehead atoms. The number of aliphatic hydroxyl groups excluding tert-OH is 10. The number of allylic oxidation sites excluding steroid dienone is 2. The molecule has 0 spiro atoms. The van der Waals surface area contributed by atoms with Gasteiger partial charge in [0.15, 0.2) is 18.7 Å². The first-order valence-electron chi connectivity index (χ1n) is 38.0. The Labute approximate surface area is 580 Å². The summed E-state index contributed by atoms with van der Waals surface area (Å²) >= 11 is 0. The number of rotatable bonds is 59. The first-order valence-corrected chi connectivity index (χ1v) is 39.5. The lowest BCUT2D eigenvalue weighted by Gasteiger charge is -2.49. The third kappa shape index (κ3) is 37.6. The van der Waals surface area contributed by atoms with Gasteiger partial charge in [-0.15, -0.1) is 0 Å². The molecule has 18 unspecified atom stereocenters. The van der Waals surface area contributed by atoms with E-state index in [1.807, 2.05) is 0 Å². The van der Waals surface area contributed by atoms with Gasteiger partial charge >= 0.3 is 25.7 Å². The summed E-state index contributed by atoms with van der Waals surface area (Å²) in [6.07, 6.45) is 12.8. The number of aliphatic hydroxyl groups is 10. The summed E-state index contributed by atoms with van der Waals surface area (Å²) in [5.74, 6) is -1.99. The third-order valence-electron chi connectivity index (χ3n) is 18.8. The van der Waals surface area contributed by atoms with E-state index in [4.69, 9.17) is 42.2 Å². The number of carbonyl (C=O) groups is 3. The molecule has 3 rings (SSSR count). The molecule has 1 saturated carbocycles. The molecule has 0 aromatic carbocycles. The Balaban J connectivity index is 1.72. The van der Waals surface area contributed by atoms with Crippen LogP contribution in [0.2, 0.25) is 0 Å². The van der Waals surface area contributed by atoms with Crippen molar-refractivity contribution in [1.29, 1.82) is 0 Å². The number of ether oxygens (including phenoxy) is 7. The molecule has 0 radical (unpaired) electrons. The minimum absolute atomic E-state index is 0.0328. The van der Waals surface area contributed by atoms with Gasteiger partial charge in [-0.1, -0.05) is 245 Å². The highest BCUT2D eigenvalue weighted by molar-refractivity contribution is 7.47. The first-order chi connectivity index (χ1) is 46.8. The molecule has 2 aliphatic heterocycles. The maximum absolute atomic E-state index is 14.3. The summed E-state index contributed by atoms with van der Waals surface area (Å²) in [6.45, 7) is 3.43. The fourth-order valence-corrected chi connectivity index (χ4v) is 13.5. The quantitative estimate of drug-likeness (QED) is 0.00886. The van der Waals surface area contributed by atoms with Crippen LogP contribution < -0.4 is 0 Å². The van der Waals surface area contributed by atoms with Crippen LogP contribution in [0.5, 0.6) is 0 Å². The summed E-state index contributed by atoms with van der Waals surface area (Å²) in [5, 5.41) is 110. The molecule has 25 heteroatoms.